The summed E-state index contributed by atoms with van der Waals surface area (Å²) >= 11 is 0. The van der Waals surface area contributed by atoms with Gasteiger partial charge in [-0.3, -0.25) is 9.59 Å². The number of amides is 1. The van der Waals surface area contributed by atoms with Gasteiger partial charge in [0, 0.05) is 18.2 Å². The van der Waals surface area contributed by atoms with E-state index in [9.17, 15) is 9.59 Å². The fourth-order valence-electron chi connectivity index (χ4n) is 2.17. The van der Waals surface area contributed by atoms with Crippen molar-refractivity contribution in [3.05, 3.63) is 34.2 Å². The Morgan fingerprint density at radius 1 is 1.35 bits per heavy atom. The Morgan fingerprint density at radius 3 is 2.82 bits per heavy atom. The van der Waals surface area contributed by atoms with Crippen LogP contribution in [0.5, 0.6) is 0 Å². The van der Waals surface area contributed by atoms with E-state index < -0.39 is 0 Å². The predicted molar refractivity (Wildman–Crippen MR) is 64.8 cm³/mol. The van der Waals surface area contributed by atoms with Gasteiger partial charge in [0.25, 0.3) is 5.91 Å². The van der Waals surface area contributed by atoms with Crippen LogP contribution in [-0.4, -0.2) is 23.0 Å². The zero-order valence-electron chi connectivity index (χ0n) is 9.61. The van der Waals surface area contributed by atoms with Crippen molar-refractivity contribution in [3.8, 4) is 0 Å². The van der Waals surface area contributed by atoms with Crippen LogP contribution >= 0.6 is 0 Å². The van der Waals surface area contributed by atoms with Crippen LogP contribution in [-0.2, 0) is 0 Å². The van der Waals surface area contributed by atoms with Crippen molar-refractivity contribution in [2.75, 3.05) is 0 Å². The molecule has 0 unspecified atom stereocenters. The van der Waals surface area contributed by atoms with Gasteiger partial charge in [0.1, 0.15) is 5.69 Å². The molecule has 5 nitrogen and oxygen atoms in total. The normalized spacial score (nSPS) is 24.3. The number of aromatic amines is 1. The van der Waals surface area contributed by atoms with E-state index in [4.69, 9.17) is 5.73 Å². The molecule has 1 fully saturated rings. The fraction of sp³-hybridized carbons (Fsp3) is 0.500. The van der Waals surface area contributed by atoms with Crippen molar-refractivity contribution < 1.29 is 4.79 Å². The molecule has 5 heteroatoms. The summed E-state index contributed by atoms with van der Waals surface area (Å²) in [7, 11) is 0. The summed E-state index contributed by atoms with van der Waals surface area (Å²) in [5.41, 5.74) is 5.96. The summed E-state index contributed by atoms with van der Waals surface area (Å²) in [5.74, 6) is -0.259. The summed E-state index contributed by atoms with van der Waals surface area (Å²) in [6, 6.07) is 4.56. The van der Waals surface area contributed by atoms with Gasteiger partial charge in [-0.25, -0.2) is 0 Å². The van der Waals surface area contributed by atoms with Gasteiger partial charge in [-0.15, -0.1) is 0 Å². The maximum absolute atomic E-state index is 11.9. The number of hydrogen-bond acceptors (Lipinski definition) is 3. The maximum atomic E-state index is 11.9. The van der Waals surface area contributed by atoms with Gasteiger partial charge in [-0.2, -0.15) is 0 Å². The number of nitrogens with one attached hydrogen (secondary N) is 2. The smallest absolute Gasteiger partial charge is 0.268 e. The minimum atomic E-state index is -0.273. The Balaban J connectivity index is 2.03. The van der Waals surface area contributed by atoms with Crippen molar-refractivity contribution >= 4 is 5.91 Å². The summed E-state index contributed by atoms with van der Waals surface area (Å²) in [4.78, 5) is 25.5. The Kier molecular flexibility index (Phi) is 3.58. The van der Waals surface area contributed by atoms with Crippen LogP contribution in [0.1, 0.15) is 36.2 Å². The van der Waals surface area contributed by atoms with Crippen LogP contribution in [0.25, 0.3) is 0 Å². The molecule has 1 saturated carbocycles. The van der Waals surface area contributed by atoms with Gasteiger partial charge in [-0.05, 0) is 18.9 Å². The number of hydrogen-bond donors (Lipinski definition) is 3. The lowest BCUT2D eigenvalue weighted by Gasteiger charge is -2.29. The van der Waals surface area contributed by atoms with Crippen LogP contribution in [0, 0.1) is 0 Å². The van der Waals surface area contributed by atoms with Gasteiger partial charge >= 0.3 is 0 Å². The number of aromatic nitrogens is 1. The molecule has 1 aliphatic carbocycles. The first-order valence-corrected chi connectivity index (χ1v) is 5.92. The first-order valence-electron chi connectivity index (χ1n) is 5.92. The predicted octanol–water partition coefficient (Wildman–Crippen LogP) is 0.375. The summed E-state index contributed by atoms with van der Waals surface area (Å²) < 4.78 is 0. The van der Waals surface area contributed by atoms with E-state index in [2.05, 4.69) is 10.3 Å². The molecule has 4 N–H and O–H groups in total. The fourth-order valence-corrected chi connectivity index (χ4v) is 2.17. The third-order valence-corrected chi connectivity index (χ3v) is 3.15. The van der Waals surface area contributed by atoms with Crippen LogP contribution in [0.15, 0.2) is 23.0 Å². The van der Waals surface area contributed by atoms with Crippen LogP contribution < -0.4 is 16.6 Å². The van der Waals surface area contributed by atoms with Crippen molar-refractivity contribution in [2.45, 2.75) is 37.8 Å². The number of carbonyl (C=O) groups excluding carboxylic acids is 1. The summed E-state index contributed by atoms with van der Waals surface area (Å²) in [5, 5.41) is 2.88. The highest BCUT2D eigenvalue weighted by molar-refractivity contribution is 5.92. The standard InChI is InChI=1S/C12H17N3O2/c13-8-4-1-2-5-9(8)15-12(17)10-6-3-7-11(16)14-10/h3,6-9H,1-2,4-5,13H2,(H,14,16)(H,15,17)/t8-,9-/m1/s1. The average Bonchev–Trinajstić information content (AvgIpc) is 2.32. The third kappa shape index (κ3) is 2.94. The number of carbonyl (C=O) groups is 1. The van der Waals surface area contributed by atoms with E-state index >= 15 is 0 Å². The lowest BCUT2D eigenvalue weighted by Crippen LogP contribution is -2.49. The second-order valence-corrected chi connectivity index (χ2v) is 4.46. The lowest BCUT2D eigenvalue weighted by atomic mass is 9.91. The molecule has 0 aliphatic heterocycles. The largest absolute Gasteiger partial charge is 0.346 e. The molecule has 2 rings (SSSR count). The Hall–Kier alpha value is -1.62. The van der Waals surface area contributed by atoms with Crippen molar-refractivity contribution in [3.63, 3.8) is 0 Å². The molecule has 0 saturated heterocycles. The zero-order valence-corrected chi connectivity index (χ0v) is 9.61. The van der Waals surface area contributed by atoms with Crippen LogP contribution in [0.4, 0.5) is 0 Å². The zero-order chi connectivity index (χ0) is 12.3. The molecule has 1 heterocycles. The Labute approximate surface area is 99.4 Å². The van der Waals surface area contributed by atoms with E-state index in [-0.39, 0.29) is 29.2 Å². The van der Waals surface area contributed by atoms with E-state index in [1.807, 2.05) is 0 Å². The number of rotatable bonds is 2. The molecule has 0 spiro atoms. The molecule has 1 aromatic rings. The maximum Gasteiger partial charge on any atom is 0.268 e. The lowest BCUT2D eigenvalue weighted by molar-refractivity contribution is 0.0916. The number of nitrogens with two attached hydrogens (primary N) is 1. The second-order valence-electron chi connectivity index (χ2n) is 4.46. The minimum Gasteiger partial charge on any atom is -0.346 e. The molecule has 1 aromatic heterocycles. The highest BCUT2D eigenvalue weighted by atomic mass is 16.2. The molecule has 17 heavy (non-hydrogen) atoms. The second kappa shape index (κ2) is 5.14. The van der Waals surface area contributed by atoms with E-state index in [1.54, 1.807) is 12.1 Å². The molecular weight excluding hydrogens is 218 g/mol. The molecule has 92 valence electrons. The first-order chi connectivity index (χ1) is 8.16. The minimum absolute atomic E-state index is 0.0139. The molecule has 1 aliphatic rings. The highest BCUT2D eigenvalue weighted by Gasteiger charge is 2.23. The Morgan fingerprint density at radius 2 is 2.12 bits per heavy atom. The summed E-state index contributed by atoms with van der Waals surface area (Å²) in [6.07, 6.45) is 4.06. The van der Waals surface area contributed by atoms with Crippen LogP contribution in [0.2, 0.25) is 0 Å². The van der Waals surface area contributed by atoms with Crippen molar-refractivity contribution in [1.82, 2.24) is 10.3 Å². The van der Waals surface area contributed by atoms with E-state index in [0.717, 1.165) is 25.7 Å². The van der Waals surface area contributed by atoms with Crippen molar-refractivity contribution in [2.24, 2.45) is 5.73 Å². The van der Waals surface area contributed by atoms with Gasteiger partial charge < -0.3 is 16.0 Å². The number of pyridine rings is 1. The average molecular weight is 235 g/mol. The Bertz CT molecular complexity index is 455. The quantitative estimate of drug-likeness (QED) is 0.692. The number of H-pyrrole nitrogens is 1. The van der Waals surface area contributed by atoms with Gasteiger partial charge in [0.05, 0.1) is 0 Å². The molecule has 2 atom stereocenters. The molecule has 0 radical (unpaired) electrons. The molecule has 1 amide bonds. The molecule has 0 bridgehead atoms. The topological polar surface area (TPSA) is 88.0 Å². The van der Waals surface area contributed by atoms with E-state index in [1.165, 1.54) is 6.07 Å². The van der Waals surface area contributed by atoms with Crippen LogP contribution in [0.3, 0.4) is 0 Å². The molecular formula is C12H17N3O2. The molecule has 0 aromatic carbocycles. The van der Waals surface area contributed by atoms with Crippen molar-refractivity contribution in [1.29, 1.82) is 0 Å². The first kappa shape index (κ1) is 11.9. The third-order valence-electron chi connectivity index (χ3n) is 3.15. The monoisotopic (exact) mass is 235 g/mol. The van der Waals surface area contributed by atoms with E-state index in [0.29, 0.717) is 0 Å². The van der Waals surface area contributed by atoms with Gasteiger partial charge in [-0.1, -0.05) is 18.9 Å². The van der Waals surface area contributed by atoms with Gasteiger partial charge in [0.15, 0.2) is 0 Å². The summed E-state index contributed by atoms with van der Waals surface area (Å²) in [6.45, 7) is 0. The highest BCUT2D eigenvalue weighted by Crippen LogP contribution is 2.17. The SMILES string of the molecule is N[C@@H]1CCCC[C@H]1NC(=O)c1cccc(=O)[nH]1. The van der Waals surface area contributed by atoms with Gasteiger partial charge in [0.2, 0.25) is 5.56 Å².